The van der Waals surface area contributed by atoms with Gasteiger partial charge >= 0.3 is 0 Å². The van der Waals surface area contributed by atoms with E-state index in [0.29, 0.717) is 17.9 Å². The van der Waals surface area contributed by atoms with Gasteiger partial charge in [-0.15, -0.1) is 0 Å². The number of anilines is 1. The molecule has 1 aromatic heterocycles. The number of piperidine rings is 1. The van der Waals surface area contributed by atoms with Gasteiger partial charge in [-0.25, -0.2) is 4.98 Å². The predicted molar refractivity (Wildman–Crippen MR) is 127 cm³/mol. The average molecular weight is 438 g/mol. The van der Waals surface area contributed by atoms with E-state index in [9.17, 15) is 9.90 Å². The van der Waals surface area contributed by atoms with Crippen molar-refractivity contribution in [1.82, 2.24) is 19.7 Å². The van der Waals surface area contributed by atoms with Gasteiger partial charge < -0.3 is 14.9 Å². The number of likely N-dealkylation sites (N-methyl/N-ethyl adjacent to an activating group) is 1. The first kappa shape index (κ1) is 21.6. The third-order valence-electron chi connectivity index (χ3n) is 7.64. The van der Waals surface area contributed by atoms with Crippen molar-refractivity contribution in [1.29, 1.82) is 0 Å². The van der Waals surface area contributed by atoms with Gasteiger partial charge in [-0.2, -0.15) is 0 Å². The van der Waals surface area contributed by atoms with E-state index in [1.807, 2.05) is 11.9 Å². The Hall–Kier alpha value is -2.22. The van der Waals surface area contributed by atoms with Crippen LogP contribution in [0.5, 0.6) is 0 Å². The number of carbonyl (C=O) groups is 1. The molecule has 172 valence electrons. The van der Waals surface area contributed by atoms with Crippen molar-refractivity contribution in [2.24, 2.45) is 5.92 Å². The first-order valence-corrected chi connectivity index (χ1v) is 12.0. The fourth-order valence-corrected chi connectivity index (χ4v) is 5.69. The maximum Gasteiger partial charge on any atom is 0.222 e. The molecule has 1 N–H and O–H groups in total. The van der Waals surface area contributed by atoms with Crippen LogP contribution in [0.4, 0.5) is 5.82 Å². The third kappa shape index (κ3) is 4.21. The lowest BCUT2D eigenvalue weighted by atomic mass is 9.92. The van der Waals surface area contributed by atoms with Crippen LogP contribution in [0.2, 0.25) is 0 Å². The molecular formula is C25H35N5O2. The van der Waals surface area contributed by atoms with Crippen LogP contribution in [0.3, 0.4) is 0 Å². The Balaban J connectivity index is 1.40. The molecule has 4 heterocycles. The number of aromatic nitrogens is 1. The SMILES string of the molecule is Cc1ccc2cc(CN3CC[C@@H]4CC(=O)N(C)[C@@H]4C3)c(N3CCN(CCO)CC3)nc2c1. The second-order valence-electron chi connectivity index (χ2n) is 9.78. The van der Waals surface area contributed by atoms with Crippen molar-refractivity contribution >= 4 is 22.6 Å². The van der Waals surface area contributed by atoms with Gasteiger partial charge in [0.1, 0.15) is 5.82 Å². The van der Waals surface area contributed by atoms with Gasteiger partial charge in [-0.05, 0) is 43.5 Å². The summed E-state index contributed by atoms with van der Waals surface area (Å²) in [5.41, 5.74) is 3.57. The van der Waals surface area contributed by atoms with Gasteiger partial charge in [0.15, 0.2) is 0 Å². The first-order valence-electron chi connectivity index (χ1n) is 12.0. The number of fused-ring (bicyclic) bond motifs is 2. The van der Waals surface area contributed by atoms with Crippen LogP contribution in [0.1, 0.15) is 24.0 Å². The Bertz CT molecular complexity index is 988. The molecule has 32 heavy (non-hydrogen) atoms. The summed E-state index contributed by atoms with van der Waals surface area (Å²) in [5, 5.41) is 10.5. The van der Waals surface area contributed by atoms with Crippen LogP contribution in [0.15, 0.2) is 24.3 Å². The van der Waals surface area contributed by atoms with E-state index in [4.69, 9.17) is 4.98 Å². The number of rotatable bonds is 5. The Morgan fingerprint density at radius 3 is 2.69 bits per heavy atom. The van der Waals surface area contributed by atoms with Crippen LogP contribution >= 0.6 is 0 Å². The number of hydrogen-bond donors (Lipinski definition) is 1. The van der Waals surface area contributed by atoms with Gasteiger partial charge in [0.05, 0.1) is 12.1 Å². The zero-order valence-corrected chi connectivity index (χ0v) is 19.3. The van der Waals surface area contributed by atoms with Gasteiger partial charge in [-0.3, -0.25) is 14.6 Å². The number of aliphatic hydroxyl groups is 1. The van der Waals surface area contributed by atoms with Crippen molar-refractivity contribution < 1.29 is 9.90 Å². The normalized spacial score (nSPS) is 25.0. The number of carbonyl (C=O) groups excluding carboxylic acids is 1. The van der Waals surface area contributed by atoms with E-state index >= 15 is 0 Å². The molecule has 1 aromatic carbocycles. The fourth-order valence-electron chi connectivity index (χ4n) is 5.69. The topological polar surface area (TPSA) is 63.2 Å². The van der Waals surface area contributed by atoms with Crippen molar-refractivity contribution in [2.45, 2.75) is 32.4 Å². The number of aryl methyl sites for hydroxylation is 1. The third-order valence-corrected chi connectivity index (χ3v) is 7.64. The van der Waals surface area contributed by atoms with Crippen LogP contribution in [-0.2, 0) is 11.3 Å². The Morgan fingerprint density at radius 2 is 1.91 bits per heavy atom. The standard InChI is InChI=1S/C25H35N5O2/c1-18-3-4-19-14-21(16-29-6-5-20-15-24(32)27(2)23(20)17-29)25(26-22(19)13-18)30-9-7-28(8-10-30)11-12-31/h3-4,13-14,20,23,31H,5-12,15-17H2,1-2H3/t20-,23-/m1/s1. The molecule has 1 amide bonds. The van der Waals surface area contributed by atoms with Crippen molar-refractivity contribution in [3.05, 3.63) is 35.4 Å². The van der Waals surface area contributed by atoms with Crippen LogP contribution < -0.4 is 4.90 Å². The maximum absolute atomic E-state index is 12.2. The van der Waals surface area contributed by atoms with E-state index < -0.39 is 0 Å². The summed E-state index contributed by atoms with van der Waals surface area (Å²) in [4.78, 5) is 26.6. The summed E-state index contributed by atoms with van der Waals surface area (Å²) in [7, 11) is 1.97. The lowest BCUT2D eigenvalue weighted by molar-refractivity contribution is -0.127. The maximum atomic E-state index is 12.2. The van der Waals surface area contributed by atoms with E-state index in [1.54, 1.807) is 0 Å². The zero-order valence-electron chi connectivity index (χ0n) is 19.3. The molecule has 7 nitrogen and oxygen atoms in total. The number of piperazine rings is 1. The molecule has 0 aliphatic carbocycles. The fraction of sp³-hybridized carbons (Fsp3) is 0.600. The first-order chi connectivity index (χ1) is 15.5. The number of benzene rings is 1. The van der Waals surface area contributed by atoms with E-state index in [1.165, 1.54) is 16.5 Å². The van der Waals surface area contributed by atoms with Crippen molar-refractivity contribution in [2.75, 3.05) is 64.4 Å². The molecule has 0 unspecified atom stereocenters. The highest BCUT2D eigenvalue weighted by molar-refractivity contribution is 5.82. The highest BCUT2D eigenvalue weighted by atomic mass is 16.3. The quantitative estimate of drug-likeness (QED) is 0.769. The molecular weight excluding hydrogens is 402 g/mol. The number of hydrogen-bond acceptors (Lipinski definition) is 6. The lowest BCUT2D eigenvalue weighted by Crippen LogP contribution is -2.48. The summed E-state index contributed by atoms with van der Waals surface area (Å²) in [6.07, 6.45) is 1.81. The molecule has 0 spiro atoms. The number of β-amino-alcohol motifs (C(OH)–C–C–N with tert-alkyl or cyclic N) is 1. The molecule has 0 saturated carbocycles. The van der Waals surface area contributed by atoms with Gasteiger partial charge in [0.2, 0.25) is 5.91 Å². The molecule has 7 heteroatoms. The Labute approximate surface area is 190 Å². The van der Waals surface area contributed by atoms with E-state index in [0.717, 1.165) is 76.5 Å². The molecule has 0 bridgehead atoms. The summed E-state index contributed by atoms with van der Waals surface area (Å²) < 4.78 is 0. The predicted octanol–water partition coefficient (Wildman–Crippen LogP) is 1.71. The Kier molecular flexibility index (Phi) is 6.05. The summed E-state index contributed by atoms with van der Waals surface area (Å²) in [5.74, 6) is 1.91. The van der Waals surface area contributed by atoms with Crippen LogP contribution in [0.25, 0.3) is 10.9 Å². The monoisotopic (exact) mass is 437 g/mol. The minimum Gasteiger partial charge on any atom is -0.395 e. The summed E-state index contributed by atoms with van der Waals surface area (Å²) in [6, 6.07) is 9.19. The summed E-state index contributed by atoms with van der Waals surface area (Å²) >= 11 is 0. The number of amides is 1. The number of likely N-dealkylation sites (tertiary alicyclic amines) is 2. The average Bonchev–Trinajstić information content (AvgIpc) is 3.07. The minimum absolute atomic E-state index is 0.215. The number of aliphatic hydroxyl groups excluding tert-OH is 1. The van der Waals surface area contributed by atoms with E-state index in [-0.39, 0.29) is 6.61 Å². The molecule has 3 aliphatic rings. The lowest BCUT2D eigenvalue weighted by Gasteiger charge is -2.39. The van der Waals surface area contributed by atoms with Gasteiger partial charge in [-0.1, -0.05) is 12.1 Å². The number of nitrogens with zero attached hydrogens (tertiary/aromatic N) is 5. The Morgan fingerprint density at radius 1 is 1.09 bits per heavy atom. The molecule has 5 rings (SSSR count). The smallest absolute Gasteiger partial charge is 0.222 e. The highest BCUT2D eigenvalue weighted by Gasteiger charge is 2.41. The number of pyridine rings is 1. The molecule has 3 aliphatic heterocycles. The minimum atomic E-state index is 0.215. The van der Waals surface area contributed by atoms with Crippen LogP contribution in [-0.4, -0.2) is 96.2 Å². The molecule has 0 radical (unpaired) electrons. The van der Waals surface area contributed by atoms with Gasteiger partial charge in [0, 0.05) is 76.3 Å². The second kappa shape index (κ2) is 8.96. The molecule has 3 saturated heterocycles. The second-order valence-corrected chi connectivity index (χ2v) is 9.78. The molecule has 2 aromatic rings. The highest BCUT2D eigenvalue weighted by Crippen LogP contribution is 2.33. The van der Waals surface area contributed by atoms with Gasteiger partial charge in [0.25, 0.3) is 0 Å². The van der Waals surface area contributed by atoms with Crippen molar-refractivity contribution in [3.63, 3.8) is 0 Å². The molecule has 2 atom stereocenters. The molecule has 3 fully saturated rings. The van der Waals surface area contributed by atoms with Crippen molar-refractivity contribution in [3.8, 4) is 0 Å². The zero-order chi connectivity index (χ0) is 22.2. The largest absolute Gasteiger partial charge is 0.395 e. The van der Waals surface area contributed by atoms with Crippen LogP contribution in [0, 0.1) is 12.8 Å². The van der Waals surface area contributed by atoms with E-state index in [2.05, 4.69) is 45.9 Å². The summed E-state index contributed by atoms with van der Waals surface area (Å²) in [6.45, 7) is 9.70.